The maximum Gasteiger partial charge on any atom is 0.269 e. The third-order valence-corrected chi connectivity index (χ3v) is 2.90. The molecule has 0 aliphatic heterocycles. The molecule has 0 amide bonds. The van der Waals surface area contributed by atoms with E-state index < -0.39 is 4.92 Å². The number of nitrogens with zero attached hydrogens (tertiary/aromatic N) is 1. The van der Waals surface area contributed by atoms with E-state index in [9.17, 15) is 10.1 Å². The number of non-ortho nitro benzene ring substituents is 1. The summed E-state index contributed by atoms with van der Waals surface area (Å²) in [5, 5.41) is 22.7. The van der Waals surface area contributed by atoms with Gasteiger partial charge in [-0.1, -0.05) is 12.1 Å². The fourth-order valence-corrected chi connectivity index (χ4v) is 1.70. The molecule has 100 valence electrons. The maximum absolute atomic E-state index is 10.5. The topological polar surface area (TPSA) is 75.4 Å². The van der Waals surface area contributed by atoms with Gasteiger partial charge >= 0.3 is 0 Å². The highest BCUT2D eigenvalue weighted by atomic mass is 16.6. The molecule has 0 heterocycles. The first kappa shape index (κ1) is 14.6. The fraction of sp³-hybridized carbons (Fsp3) is 0.538. The van der Waals surface area contributed by atoms with Crippen LogP contribution in [0.1, 0.15) is 25.8 Å². The van der Waals surface area contributed by atoms with Gasteiger partial charge in [0.05, 0.1) is 4.92 Å². The second kappa shape index (κ2) is 6.47. The second-order valence-corrected chi connectivity index (χ2v) is 4.96. The van der Waals surface area contributed by atoms with Gasteiger partial charge in [0, 0.05) is 24.3 Å². The zero-order chi connectivity index (χ0) is 13.6. The number of nitro groups is 1. The molecule has 1 aromatic carbocycles. The molecule has 0 saturated heterocycles. The zero-order valence-corrected chi connectivity index (χ0v) is 10.8. The summed E-state index contributed by atoms with van der Waals surface area (Å²) in [6.45, 7) is 5.03. The third kappa shape index (κ3) is 4.81. The highest BCUT2D eigenvalue weighted by Crippen LogP contribution is 2.12. The molecule has 0 aliphatic carbocycles. The first-order valence-electron chi connectivity index (χ1n) is 6.04. The molecule has 1 aromatic rings. The van der Waals surface area contributed by atoms with Crippen molar-refractivity contribution in [2.45, 2.75) is 32.2 Å². The molecule has 1 rings (SSSR count). The van der Waals surface area contributed by atoms with Gasteiger partial charge in [-0.25, -0.2) is 0 Å². The molecule has 0 aromatic heterocycles. The summed E-state index contributed by atoms with van der Waals surface area (Å²) in [7, 11) is 0. The van der Waals surface area contributed by atoms with Crippen molar-refractivity contribution in [2.75, 3.05) is 13.2 Å². The molecule has 0 atom stereocenters. The van der Waals surface area contributed by atoms with Gasteiger partial charge in [-0.05, 0) is 38.8 Å². The quantitative estimate of drug-likeness (QED) is 0.574. The van der Waals surface area contributed by atoms with E-state index in [4.69, 9.17) is 5.11 Å². The lowest BCUT2D eigenvalue weighted by Gasteiger charge is -2.25. The van der Waals surface area contributed by atoms with Crippen LogP contribution in [0.15, 0.2) is 24.3 Å². The lowest BCUT2D eigenvalue weighted by atomic mass is 10.0. The van der Waals surface area contributed by atoms with E-state index in [1.807, 2.05) is 13.8 Å². The summed E-state index contributed by atoms with van der Waals surface area (Å²) in [4.78, 5) is 10.1. The van der Waals surface area contributed by atoms with Crippen LogP contribution in [0.4, 0.5) is 5.69 Å². The lowest BCUT2D eigenvalue weighted by Crippen LogP contribution is -2.41. The molecular weight excluding hydrogens is 232 g/mol. The Balaban J connectivity index is 2.42. The van der Waals surface area contributed by atoms with Crippen LogP contribution in [0, 0.1) is 10.1 Å². The summed E-state index contributed by atoms with van der Waals surface area (Å²) >= 11 is 0. The average Bonchev–Trinajstić information content (AvgIpc) is 2.29. The van der Waals surface area contributed by atoms with Gasteiger partial charge < -0.3 is 10.4 Å². The molecule has 0 fully saturated rings. The summed E-state index contributed by atoms with van der Waals surface area (Å²) in [6.07, 6.45) is 1.51. The molecule has 5 heteroatoms. The van der Waals surface area contributed by atoms with Crippen molar-refractivity contribution in [3.05, 3.63) is 39.9 Å². The van der Waals surface area contributed by atoms with Crippen LogP contribution < -0.4 is 5.32 Å². The van der Waals surface area contributed by atoms with E-state index in [-0.39, 0.29) is 17.8 Å². The van der Waals surface area contributed by atoms with Crippen molar-refractivity contribution < 1.29 is 10.0 Å². The molecule has 5 nitrogen and oxygen atoms in total. The molecule has 0 aliphatic rings. The number of nitro benzene ring substituents is 1. The minimum Gasteiger partial charge on any atom is -0.396 e. The van der Waals surface area contributed by atoms with Gasteiger partial charge in [-0.2, -0.15) is 0 Å². The predicted octanol–water partition coefficient (Wildman–Crippen LogP) is 1.89. The van der Waals surface area contributed by atoms with Gasteiger partial charge in [-0.15, -0.1) is 0 Å². The smallest absolute Gasteiger partial charge is 0.269 e. The highest BCUT2D eigenvalue weighted by molar-refractivity contribution is 5.32. The highest BCUT2D eigenvalue weighted by Gasteiger charge is 2.15. The number of hydrogen-bond acceptors (Lipinski definition) is 4. The van der Waals surface area contributed by atoms with Gasteiger partial charge in [0.1, 0.15) is 0 Å². The third-order valence-electron chi connectivity index (χ3n) is 2.90. The number of hydrogen-bond donors (Lipinski definition) is 2. The Morgan fingerprint density at radius 3 is 2.44 bits per heavy atom. The first-order valence-corrected chi connectivity index (χ1v) is 6.04. The Bertz CT molecular complexity index is 388. The molecule has 18 heavy (non-hydrogen) atoms. The molecule has 0 radical (unpaired) electrons. The number of aliphatic hydroxyl groups is 1. The zero-order valence-electron chi connectivity index (χ0n) is 10.8. The van der Waals surface area contributed by atoms with Gasteiger partial charge in [0.2, 0.25) is 0 Å². The van der Waals surface area contributed by atoms with Crippen LogP contribution in [0.3, 0.4) is 0 Å². The minimum absolute atomic E-state index is 0.0878. The van der Waals surface area contributed by atoms with E-state index in [2.05, 4.69) is 5.32 Å². The van der Waals surface area contributed by atoms with Crippen LogP contribution in [-0.2, 0) is 6.42 Å². The second-order valence-electron chi connectivity index (χ2n) is 4.96. The van der Waals surface area contributed by atoms with E-state index in [0.29, 0.717) is 6.42 Å². The molecule has 0 bridgehead atoms. The summed E-state index contributed by atoms with van der Waals surface area (Å²) in [5.41, 5.74) is 1.09. The standard InChI is InChI=1S/C13H20N2O3/c1-13(2,8-10-16)14-9-7-11-3-5-12(6-4-11)15(17)18/h3-6,14,16H,7-10H2,1-2H3. The van der Waals surface area contributed by atoms with E-state index in [0.717, 1.165) is 18.5 Å². The molecule has 0 spiro atoms. The normalized spacial score (nSPS) is 11.5. The van der Waals surface area contributed by atoms with Gasteiger partial charge in [-0.3, -0.25) is 10.1 Å². The van der Waals surface area contributed by atoms with Crippen molar-refractivity contribution >= 4 is 5.69 Å². The number of benzene rings is 1. The number of aliphatic hydroxyl groups excluding tert-OH is 1. The lowest BCUT2D eigenvalue weighted by molar-refractivity contribution is -0.384. The number of rotatable bonds is 7. The summed E-state index contributed by atoms with van der Waals surface area (Å²) < 4.78 is 0. The Morgan fingerprint density at radius 1 is 1.33 bits per heavy atom. The predicted molar refractivity (Wildman–Crippen MR) is 70.6 cm³/mol. The van der Waals surface area contributed by atoms with Crippen molar-refractivity contribution in [2.24, 2.45) is 0 Å². The maximum atomic E-state index is 10.5. The van der Waals surface area contributed by atoms with Crippen LogP contribution in [0.5, 0.6) is 0 Å². The fourth-order valence-electron chi connectivity index (χ4n) is 1.70. The largest absolute Gasteiger partial charge is 0.396 e. The van der Waals surface area contributed by atoms with Gasteiger partial charge in [0.15, 0.2) is 0 Å². The minimum atomic E-state index is -0.396. The Kier molecular flexibility index (Phi) is 5.25. The SMILES string of the molecule is CC(C)(CCO)NCCc1ccc([N+](=O)[O-])cc1. The van der Waals surface area contributed by atoms with Crippen LogP contribution in [-0.4, -0.2) is 28.7 Å². The van der Waals surface area contributed by atoms with Crippen molar-refractivity contribution in [3.8, 4) is 0 Å². The van der Waals surface area contributed by atoms with Crippen molar-refractivity contribution in [1.29, 1.82) is 0 Å². The van der Waals surface area contributed by atoms with E-state index in [1.54, 1.807) is 12.1 Å². The van der Waals surface area contributed by atoms with E-state index >= 15 is 0 Å². The summed E-state index contributed by atoms with van der Waals surface area (Å²) in [5.74, 6) is 0. The monoisotopic (exact) mass is 252 g/mol. The van der Waals surface area contributed by atoms with Gasteiger partial charge in [0.25, 0.3) is 5.69 Å². The van der Waals surface area contributed by atoms with Crippen LogP contribution >= 0.6 is 0 Å². The first-order chi connectivity index (χ1) is 8.44. The molecular formula is C13H20N2O3. The Hall–Kier alpha value is -1.46. The Labute approximate surface area is 107 Å². The molecule has 0 saturated carbocycles. The number of nitrogens with one attached hydrogen (secondary N) is 1. The van der Waals surface area contributed by atoms with Crippen molar-refractivity contribution in [1.82, 2.24) is 5.32 Å². The molecule has 2 N–H and O–H groups in total. The average molecular weight is 252 g/mol. The van der Waals surface area contributed by atoms with Crippen molar-refractivity contribution in [3.63, 3.8) is 0 Å². The summed E-state index contributed by atoms with van der Waals surface area (Å²) in [6, 6.07) is 6.60. The van der Waals surface area contributed by atoms with Crippen LogP contribution in [0.25, 0.3) is 0 Å². The Morgan fingerprint density at radius 2 is 1.94 bits per heavy atom. The van der Waals surface area contributed by atoms with Crippen LogP contribution in [0.2, 0.25) is 0 Å². The van der Waals surface area contributed by atoms with E-state index in [1.165, 1.54) is 12.1 Å². The molecule has 0 unspecified atom stereocenters.